The minimum absolute atomic E-state index is 0.344. The fraction of sp³-hybridized carbons (Fsp3) is 0.214. The molecule has 0 saturated carbocycles. The van der Waals surface area contributed by atoms with Crippen LogP contribution in [0, 0.1) is 0 Å². The SMILES string of the molecule is CCC(NC(=O)O)n1cnc2cnc3ccccc3c21. The molecule has 1 unspecified atom stereocenters. The quantitative estimate of drug-likeness (QED) is 0.767. The zero-order valence-electron chi connectivity index (χ0n) is 10.9. The van der Waals surface area contributed by atoms with Crippen molar-refractivity contribution in [1.82, 2.24) is 19.9 Å². The first kappa shape index (κ1) is 12.4. The Kier molecular flexibility index (Phi) is 2.98. The van der Waals surface area contributed by atoms with E-state index in [1.54, 1.807) is 12.5 Å². The Labute approximate surface area is 115 Å². The van der Waals surface area contributed by atoms with Gasteiger partial charge in [-0.1, -0.05) is 25.1 Å². The number of pyridine rings is 1. The van der Waals surface area contributed by atoms with E-state index < -0.39 is 6.09 Å². The second-order valence-electron chi connectivity index (χ2n) is 4.53. The van der Waals surface area contributed by atoms with Crippen molar-refractivity contribution in [2.24, 2.45) is 0 Å². The van der Waals surface area contributed by atoms with Crippen LogP contribution >= 0.6 is 0 Å². The minimum Gasteiger partial charge on any atom is -0.465 e. The highest BCUT2D eigenvalue weighted by atomic mass is 16.4. The summed E-state index contributed by atoms with van der Waals surface area (Å²) in [5.74, 6) is 0. The number of rotatable bonds is 3. The Morgan fingerprint density at radius 1 is 1.35 bits per heavy atom. The van der Waals surface area contributed by atoms with Crippen LogP contribution in [0.5, 0.6) is 0 Å². The van der Waals surface area contributed by atoms with Crippen molar-refractivity contribution in [3.63, 3.8) is 0 Å². The van der Waals surface area contributed by atoms with Gasteiger partial charge in [0, 0.05) is 5.39 Å². The molecule has 3 rings (SSSR count). The molecule has 0 bridgehead atoms. The van der Waals surface area contributed by atoms with Gasteiger partial charge < -0.3 is 15.0 Å². The van der Waals surface area contributed by atoms with Gasteiger partial charge in [-0.25, -0.2) is 9.78 Å². The molecule has 20 heavy (non-hydrogen) atoms. The molecule has 0 saturated heterocycles. The van der Waals surface area contributed by atoms with Gasteiger partial charge in [-0.05, 0) is 12.5 Å². The van der Waals surface area contributed by atoms with Crippen LogP contribution in [-0.4, -0.2) is 25.7 Å². The van der Waals surface area contributed by atoms with Gasteiger partial charge in [0.25, 0.3) is 0 Å². The molecule has 0 aliphatic heterocycles. The second kappa shape index (κ2) is 4.80. The van der Waals surface area contributed by atoms with Crippen LogP contribution in [0.4, 0.5) is 4.79 Å². The zero-order chi connectivity index (χ0) is 14.1. The fourth-order valence-corrected chi connectivity index (χ4v) is 2.41. The first-order chi connectivity index (χ1) is 9.70. The zero-order valence-corrected chi connectivity index (χ0v) is 10.9. The maximum absolute atomic E-state index is 10.9. The molecule has 2 aromatic heterocycles. The number of hydrogen-bond acceptors (Lipinski definition) is 3. The van der Waals surface area contributed by atoms with Gasteiger partial charge in [-0.15, -0.1) is 0 Å². The number of nitrogens with zero attached hydrogens (tertiary/aromatic N) is 3. The number of benzene rings is 1. The topological polar surface area (TPSA) is 80.0 Å². The molecule has 3 aromatic rings. The third-order valence-corrected chi connectivity index (χ3v) is 3.32. The first-order valence-corrected chi connectivity index (χ1v) is 6.40. The maximum Gasteiger partial charge on any atom is 0.406 e. The summed E-state index contributed by atoms with van der Waals surface area (Å²) < 4.78 is 1.85. The number of fused-ring (bicyclic) bond motifs is 3. The molecule has 2 heterocycles. The van der Waals surface area contributed by atoms with Crippen molar-refractivity contribution in [3.05, 3.63) is 36.8 Å². The summed E-state index contributed by atoms with van der Waals surface area (Å²) in [5.41, 5.74) is 2.53. The normalized spacial score (nSPS) is 12.7. The third kappa shape index (κ3) is 1.95. The largest absolute Gasteiger partial charge is 0.465 e. The molecule has 1 amide bonds. The summed E-state index contributed by atoms with van der Waals surface area (Å²) in [6.07, 6.45) is 2.61. The van der Waals surface area contributed by atoms with Crippen LogP contribution in [0.25, 0.3) is 21.9 Å². The highest BCUT2D eigenvalue weighted by molar-refractivity contribution is 6.02. The predicted molar refractivity (Wildman–Crippen MR) is 75.5 cm³/mol. The summed E-state index contributed by atoms with van der Waals surface area (Å²) in [7, 11) is 0. The monoisotopic (exact) mass is 270 g/mol. The van der Waals surface area contributed by atoms with E-state index >= 15 is 0 Å². The number of carbonyl (C=O) groups is 1. The summed E-state index contributed by atoms with van der Waals surface area (Å²) >= 11 is 0. The van der Waals surface area contributed by atoms with Crippen LogP contribution < -0.4 is 5.32 Å². The average molecular weight is 270 g/mol. The van der Waals surface area contributed by atoms with Gasteiger partial charge >= 0.3 is 6.09 Å². The number of amides is 1. The number of nitrogens with one attached hydrogen (secondary N) is 1. The van der Waals surface area contributed by atoms with Gasteiger partial charge in [-0.3, -0.25) is 4.98 Å². The molecule has 0 radical (unpaired) electrons. The van der Waals surface area contributed by atoms with Crippen molar-refractivity contribution in [3.8, 4) is 0 Å². The van der Waals surface area contributed by atoms with Crippen molar-refractivity contribution in [1.29, 1.82) is 0 Å². The van der Waals surface area contributed by atoms with Crippen LogP contribution in [0.3, 0.4) is 0 Å². The summed E-state index contributed by atoms with van der Waals surface area (Å²) in [4.78, 5) is 19.6. The van der Waals surface area contributed by atoms with Crippen molar-refractivity contribution in [2.75, 3.05) is 0 Å². The molecule has 0 spiro atoms. The molecule has 6 nitrogen and oxygen atoms in total. The Hall–Kier alpha value is -2.63. The van der Waals surface area contributed by atoms with E-state index in [0.717, 1.165) is 21.9 Å². The molecule has 1 aromatic carbocycles. The fourth-order valence-electron chi connectivity index (χ4n) is 2.41. The van der Waals surface area contributed by atoms with Gasteiger partial charge in [0.05, 0.1) is 23.6 Å². The number of aromatic nitrogens is 3. The molecule has 2 N–H and O–H groups in total. The lowest BCUT2D eigenvalue weighted by molar-refractivity contribution is 0.184. The lowest BCUT2D eigenvalue weighted by atomic mass is 10.2. The molecule has 6 heteroatoms. The van der Waals surface area contributed by atoms with Gasteiger partial charge in [0.15, 0.2) is 0 Å². The molecule has 0 aliphatic carbocycles. The standard InChI is InChI=1S/C14H14N4O2/c1-2-12(17-14(19)20)18-8-16-11-7-15-10-6-4-3-5-9(10)13(11)18/h3-8,12,17H,2H2,1H3,(H,19,20). The molecule has 1 atom stereocenters. The van der Waals surface area contributed by atoms with Crippen LogP contribution in [0.2, 0.25) is 0 Å². The lowest BCUT2D eigenvalue weighted by Gasteiger charge is -2.18. The molecule has 0 aliphatic rings. The van der Waals surface area contributed by atoms with E-state index in [9.17, 15) is 4.79 Å². The summed E-state index contributed by atoms with van der Waals surface area (Å²) in [6.45, 7) is 1.93. The number of hydrogen-bond donors (Lipinski definition) is 2. The molecule has 0 fully saturated rings. The Morgan fingerprint density at radius 2 is 2.15 bits per heavy atom. The van der Waals surface area contributed by atoms with Gasteiger partial charge in [0.1, 0.15) is 11.7 Å². The van der Waals surface area contributed by atoms with Crippen LogP contribution in [-0.2, 0) is 0 Å². The predicted octanol–water partition coefficient (Wildman–Crippen LogP) is 2.76. The highest BCUT2D eigenvalue weighted by Gasteiger charge is 2.16. The van der Waals surface area contributed by atoms with Gasteiger partial charge in [0.2, 0.25) is 0 Å². The van der Waals surface area contributed by atoms with E-state index in [1.165, 1.54) is 0 Å². The maximum atomic E-state index is 10.9. The van der Waals surface area contributed by atoms with E-state index in [2.05, 4.69) is 15.3 Å². The van der Waals surface area contributed by atoms with Crippen molar-refractivity contribution in [2.45, 2.75) is 19.5 Å². The Balaban J connectivity index is 2.25. The number of imidazole rings is 1. The van der Waals surface area contributed by atoms with E-state index in [-0.39, 0.29) is 6.17 Å². The van der Waals surface area contributed by atoms with Crippen molar-refractivity contribution < 1.29 is 9.90 Å². The Bertz CT molecular complexity index is 781. The third-order valence-electron chi connectivity index (χ3n) is 3.32. The highest BCUT2D eigenvalue weighted by Crippen LogP contribution is 2.25. The van der Waals surface area contributed by atoms with E-state index in [1.807, 2.05) is 35.8 Å². The van der Waals surface area contributed by atoms with Gasteiger partial charge in [-0.2, -0.15) is 0 Å². The second-order valence-corrected chi connectivity index (χ2v) is 4.53. The lowest BCUT2D eigenvalue weighted by Crippen LogP contribution is -2.30. The summed E-state index contributed by atoms with van der Waals surface area (Å²) in [6, 6.07) is 7.76. The smallest absolute Gasteiger partial charge is 0.406 e. The minimum atomic E-state index is -1.04. The molecular formula is C14H14N4O2. The molecule has 102 valence electrons. The summed E-state index contributed by atoms with van der Waals surface area (Å²) in [5, 5.41) is 12.4. The number of carboxylic acid groups (broad SMARTS) is 1. The Morgan fingerprint density at radius 3 is 2.90 bits per heavy atom. The number of para-hydroxylation sites is 1. The van der Waals surface area contributed by atoms with E-state index in [0.29, 0.717) is 6.42 Å². The molecular weight excluding hydrogens is 256 g/mol. The van der Waals surface area contributed by atoms with Crippen LogP contribution in [0.15, 0.2) is 36.8 Å². The van der Waals surface area contributed by atoms with Crippen molar-refractivity contribution >= 4 is 28.0 Å². The van der Waals surface area contributed by atoms with E-state index in [4.69, 9.17) is 5.11 Å². The average Bonchev–Trinajstić information content (AvgIpc) is 2.89. The first-order valence-electron chi connectivity index (χ1n) is 6.40. The van der Waals surface area contributed by atoms with Crippen LogP contribution in [0.1, 0.15) is 19.5 Å².